The first kappa shape index (κ1) is 12.9. The Labute approximate surface area is 98.6 Å². The molecule has 2 nitrogen and oxygen atoms in total. The van der Waals surface area contributed by atoms with Crippen LogP contribution >= 0.6 is 0 Å². The van der Waals surface area contributed by atoms with Crippen molar-refractivity contribution in [2.45, 2.75) is 40.0 Å². The molecule has 0 aliphatic rings. The van der Waals surface area contributed by atoms with Crippen LogP contribution in [0.3, 0.4) is 0 Å². The molecule has 0 radical (unpaired) electrons. The average Bonchev–Trinajstić information content (AvgIpc) is 2.27. The zero-order valence-corrected chi connectivity index (χ0v) is 10.7. The van der Waals surface area contributed by atoms with Crippen molar-refractivity contribution in [3.05, 3.63) is 23.8 Å². The summed E-state index contributed by atoms with van der Waals surface area (Å²) in [5, 5.41) is 0. The first-order valence-corrected chi connectivity index (χ1v) is 6.08. The summed E-state index contributed by atoms with van der Waals surface area (Å²) in [7, 11) is 0. The van der Waals surface area contributed by atoms with Gasteiger partial charge in [0.25, 0.3) is 0 Å². The van der Waals surface area contributed by atoms with Gasteiger partial charge in [0.2, 0.25) is 0 Å². The van der Waals surface area contributed by atoms with Crippen LogP contribution in [0.25, 0.3) is 0 Å². The Bertz CT molecular complexity index is 319. The standard InChI is InChI=1S/C14H22O2/c1-5-9-16-13-8-7-12(11(3)4)10-14(13)15-6-2/h7-8,10-11H,5-6,9H2,1-4H3. The quantitative estimate of drug-likeness (QED) is 0.724. The molecule has 0 spiro atoms. The molecule has 2 heteroatoms. The van der Waals surface area contributed by atoms with Crippen LogP contribution in [0.4, 0.5) is 0 Å². The van der Waals surface area contributed by atoms with E-state index in [4.69, 9.17) is 9.47 Å². The van der Waals surface area contributed by atoms with Crippen molar-refractivity contribution in [2.75, 3.05) is 13.2 Å². The van der Waals surface area contributed by atoms with Gasteiger partial charge in [-0.05, 0) is 37.0 Å². The highest BCUT2D eigenvalue weighted by Crippen LogP contribution is 2.31. The zero-order valence-electron chi connectivity index (χ0n) is 10.7. The Balaban J connectivity index is 2.89. The highest BCUT2D eigenvalue weighted by Gasteiger charge is 2.08. The molecular weight excluding hydrogens is 200 g/mol. The normalized spacial score (nSPS) is 10.6. The van der Waals surface area contributed by atoms with Crippen molar-refractivity contribution >= 4 is 0 Å². The van der Waals surface area contributed by atoms with E-state index in [0.717, 1.165) is 24.5 Å². The van der Waals surface area contributed by atoms with E-state index in [1.54, 1.807) is 0 Å². The SMILES string of the molecule is CCCOc1ccc(C(C)C)cc1OCC. The summed E-state index contributed by atoms with van der Waals surface area (Å²) in [5.74, 6) is 2.23. The number of hydrogen-bond acceptors (Lipinski definition) is 2. The number of rotatable bonds is 6. The van der Waals surface area contributed by atoms with Crippen molar-refractivity contribution in [1.82, 2.24) is 0 Å². The van der Waals surface area contributed by atoms with E-state index in [0.29, 0.717) is 12.5 Å². The van der Waals surface area contributed by atoms with Crippen LogP contribution in [0.5, 0.6) is 11.5 Å². The van der Waals surface area contributed by atoms with E-state index in [-0.39, 0.29) is 0 Å². The molecule has 0 atom stereocenters. The van der Waals surface area contributed by atoms with Gasteiger partial charge in [-0.25, -0.2) is 0 Å². The lowest BCUT2D eigenvalue weighted by Gasteiger charge is -2.14. The molecule has 0 saturated heterocycles. The molecule has 16 heavy (non-hydrogen) atoms. The molecule has 0 bridgehead atoms. The molecule has 1 aromatic rings. The van der Waals surface area contributed by atoms with Gasteiger partial charge >= 0.3 is 0 Å². The molecule has 0 unspecified atom stereocenters. The maximum absolute atomic E-state index is 5.65. The minimum atomic E-state index is 0.513. The Morgan fingerprint density at radius 1 is 1.06 bits per heavy atom. The van der Waals surface area contributed by atoms with Gasteiger partial charge < -0.3 is 9.47 Å². The fourth-order valence-electron chi connectivity index (χ4n) is 1.48. The van der Waals surface area contributed by atoms with Gasteiger partial charge in [0.15, 0.2) is 11.5 Å². The van der Waals surface area contributed by atoms with Crippen molar-refractivity contribution in [3.63, 3.8) is 0 Å². The molecule has 0 heterocycles. The number of hydrogen-bond donors (Lipinski definition) is 0. The van der Waals surface area contributed by atoms with Crippen LogP contribution in [0.1, 0.15) is 45.6 Å². The third-order valence-corrected chi connectivity index (χ3v) is 2.40. The highest BCUT2D eigenvalue weighted by molar-refractivity contribution is 5.43. The number of ether oxygens (including phenoxy) is 2. The summed E-state index contributed by atoms with van der Waals surface area (Å²) >= 11 is 0. The Kier molecular flexibility index (Phi) is 5.17. The first-order chi connectivity index (χ1) is 7.69. The summed E-state index contributed by atoms with van der Waals surface area (Å²) in [5.41, 5.74) is 1.28. The fourth-order valence-corrected chi connectivity index (χ4v) is 1.48. The third-order valence-electron chi connectivity index (χ3n) is 2.40. The third kappa shape index (κ3) is 3.44. The molecule has 0 amide bonds. The summed E-state index contributed by atoms with van der Waals surface area (Å²) in [6.07, 6.45) is 1.01. The summed E-state index contributed by atoms with van der Waals surface area (Å²) in [6.45, 7) is 9.86. The van der Waals surface area contributed by atoms with Gasteiger partial charge in [0.1, 0.15) is 0 Å². The van der Waals surface area contributed by atoms with Gasteiger partial charge in [-0.15, -0.1) is 0 Å². The Morgan fingerprint density at radius 3 is 2.38 bits per heavy atom. The molecule has 1 rings (SSSR count). The lowest BCUT2D eigenvalue weighted by molar-refractivity contribution is 0.276. The van der Waals surface area contributed by atoms with Crippen LogP contribution in [0.15, 0.2) is 18.2 Å². The van der Waals surface area contributed by atoms with E-state index < -0.39 is 0 Å². The monoisotopic (exact) mass is 222 g/mol. The molecule has 0 aromatic heterocycles. The van der Waals surface area contributed by atoms with Gasteiger partial charge in [-0.1, -0.05) is 26.8 Å². The molecule has 0 aliphatic heterocycles. The van der Waals surface area contributed by atoms with Crippen molar-refractivity contribution < 1.29 is 9.47 Å². The van der Waals surface area contributed by atoms with E-state index >= 15 is 0 Å². The lowest BCUT2D eigenvalue weighted by Crippen LogP contribution is -2.01. The van der Waals surface area contributed by atoms with Crippen LogP contribution < -0.4 is 9.47 Å². The molecule has 0 aliphatic carbocycles. The maximum atomic E-state index is 5.65. The minimum absolute atomic E-state index is 0.513. The first-order valence-electron chi connectivity index (χ1n) is 6.08. The average molecular weight is 222 g/mol. The van der Waals surface area contributed by atoms with E-state index in [1.165, 1.54) is 5.56 Å². The molecule has 0 saturated carbocycles. The fraction of sp³-hybridized carbons (Fsp3) is 0.571. The topological polar surface area (TPSA) is 18.5 Å². The second-order valence-electron chi connectivity index (χ2n) is 4.14. The smallest absolute Gasteiger partial charge is 0.161 e. The molecule has 1 aromatic carbocycles. The Hall–Kier alpha value is -1.18. The molecular formula is C14H22O2. The molecule has 0 fully saturated rings. The van der Waals surface area contributed by atoms with Gasteiger partial charge in [0, 0.05) is 0 Å². The van der Waals surface area contributed by atoms with Crippen LogP contribution in [0, 0.1) is 0 Å². The lowest BCUT2D eigenvalue weighted by atomic mass is 10.0. The summed E-state index contributed by atoms with van der Waals surface area (Å²) < 4.78 is 11.2. The largest absolute Gasteiger partial charge is 0.490 e. The van der Waals surface area contributed by atoms with Crippen molar-refractivity contribution in [3.8, 4) is 11.5 Å². The van der Waals surface area contributed by atoms with Crippen LogP contribution in [-0.4, -0.2) is 13.2 Å². The van der Waals surface area contributed by atoms with E-state index in [1.807, 2.05) is 13.0 Å². The Morgan fingerprint density at radius 2 is 1.81 bits per heavy atom. The van der Waals surface area contributed by atoms with Gasteiger partial charge in [-0.3, -0.25) is 0 Å². The van der Waals surface area contributed by atoms with E-state index in [9.17, 15) is 0 Å². The maximum Gasteiger partial charge on any atom is 0.161 e. The van der Waals surface area contributed by atoms with Crippen LogP contribution in [0.2, 0.25) is 0 Å². The van der Waals surface area contributed by atoms with Crippen LogP contribution in [-0.2, 0) is 0 Å². The zero-order chi connectivity index (χ0) is 12.0. The van der Waals surface area contributed by atoms with Gasteiger partial charge in [0.05, 0.1) is 13.2 Å². The summed E-state index contributed by atoms with van der Waals surface area (Å²) in [4.78, 5) is 0. The van der Waals surface area contributed by atoms with Crippen molar-refractivity contribution in [2.24, 2.45) is 0 Å². The number of benzene rings is 1. The predicted octanol–water partition coefficient (Wildman–Crippen LogP) is 4.00. The minimum Gasteiger partial charge on any atom is -0.490 e. The van der Waals surface area contributed by atoms with E-state index in [2.05, 4.69) is 32.9 Å². The molecule has 90 valence electrons. The van der Waals surface area contributed by atoms with Crippen molar-refractivity contribution in [1.29, 1.82) is 0 Å². The van der Waals surface area contributed by atoms with Gasteiger partial charge in [-0.2, -0.15) is 0 Å². The second kappa shape index (κ2) is 6.41. The second-order valence-corrected chi connectivity index (χ2v) is 4.14. The highest BCUT2D eigenvalue weighted by atomic mass is 16.5. The summed E-state index contributed by atoms with van der Waals surface area (Å²) in [6, 6.07) is 6.20. The predicted molar refractivity (Wildman–Crippen MR) is 67.5 cm³/mol. The molecule has 0 N–H and O–H groups in total.